The summed E-state index contributed by atoms with van der Waals surface area (Å²) in [6, 6.07) is -0.711. The Balaban J connectivity index is 1.95. The molecule has 0 aromatic heterocycles. The topological polar surface area (TPSA) is 105 Å². The summed E-state index contributed by atoms with van der Waals surface area (Å²) in [7, 11) is 0. The molecule has 7 nitrogen and oxygen atoms in total. The molecule has 1 saturated carbocycles. The molecule has 0 unspecified atom stereocenters. The summed E-state index contributed by atoms with van der Waals surface area (Å²) in [6.45, 7) is 0.0784. The van der Waals surface area contributed by atoms with Crippen LogP contribution in [-0.4, -0.2) is 35.5 Å². The van der Waals surface area contributed by atoms with Gasteiger partial charge in [0.1, 0.15) is 12.6 Å². The summed E-state index contributed by atoms with van der Waals surface area (Å²) in [6.07, 6.45) is 1.79. The first-order valence-corrected chi connectivity index (χ1v) is 5.54. The molecule has 0 spiro atoms. The molecule has 2 aliphatic rings. The van der Waals surface area contributed by atoms with Crippen LogP contribution in [0, 0.1) is 11.8 Å². The molecular weight excluding hydrogens is 228 g/mol. The quantitative estimate of drug-likeness (QED) is 0.591. The number of aliphatic carboxylic acids is 1. The van der Waals surface area contributed by atoms with Gasteiger partial charge in [-0.1, -0.05) is 6.42 Å². The number of carboxylic acid groups (broad SMARTS) is 1. The third-order valence-corrected chi connectivity index (χ3v) is 3.23. The molecule has 0 bridgehead atoms. The Labute approximate surface area is 97.5 Å². The number of carbonyl (C=O) groups is 3. The first-order chi connectivity index (χ1) is 8.09. The van der Waals surface area contributed by atoms with E-state index in [2.05, 4.69) is 15.6 Å². The summed E-state index contributed by atoms with van der Waals surface area (Å²) in [5.41, 5.74) is 2.13. The zero-order valence-electron chi connectivity index (χ0n) is 9.14. The number of nitrogens with one attached hydrogen (secondary N) is 2. The number of rotatable bonds is 3. The van der Waals surface area contributed by atoms with Crippen LogP contribution in [0.4, 0.5) is 0 Å². The minimum Gasteiger partial charge on any atom is -0.481 e. The Kier molecular flexibility index (Phi) is 3.28. The Hall–Kier alpha value is -1.63. The van der Waals surface area contributed by atoms with E-state index in [-0.39, 0.29) is 12.5 Å². The lowest BCUT2D eigenvalue weighted by atomic mass is 9.95. The van der Waals surface area contributed by atoms with Crippen molar-refractivity contribution in [3.8, 4) is 0 Å². The van der Waals surface area contributed by atoms with Gasteiger partial charge in [-0.2, -0.15) is 0 Å². The zero-order valence-corrected chi connectivity index (χ0v) is 9.14. The van der Waals surface area contributed by atoms with Crippen LogP contribution < -0.4 is 10.8 Å². The van der Waals surface area contributed by atoms with E-state index < -0.39 is 29.8 Å². The van der Waals surface area contributed by atoms with Crippen molar-refractivity contribution in [1.82, 2.24) is 10.8 Å². The second-order valence-corrected chi connectivity index (χ2v) is 4.32. The predicted octanol–water partition coefficient (Wildman–Crippen LogP) is -0.966. The van der Waals surface area contributed by atoms with Gasteiger partial charge in [0.05, 0.1) is 11.8 Å². The minimum absolute atomic E-state index is 0.0784. The molecule has 1 saturated heterocycles. The van der Waals surface area contributed by atoms with E-state index in [0.717, 1.165) is 6.42 Å². The van der Waals surface area contributed by atoms with Gasteiger partial charge in [0, 0.05) is 0 Å². The van der Waals surface area contributed by atoms with Gasteiger partial charge in [-0.05, 0) is 12.8 Å². The SMILES string of the molecule is O=C(O)[C@H]1CCC[C@H]1C(=O)N[C@@H]1CONC1=O. The van der Waals surface area contributed by atoms with E-state index in [1.807, 2.05) is 0 Å². The fourth-order valence-corrected chi connectivity index (χ4v) is 2.30. The third-order valence-electron chi connectivity index (χ3n) is 3.23. The van der Waals surface area contributed by atoms with Crippen molar-refractivity contribution in [1.29, 1.82) is 0 Å². The highest BCUT2D eigenvalue weighted by Gasteiger charge is 2.39. The molecule has 1 aliphatic heterocycles. The van der Waals surface area contributed by atoms with Gasteiger partial charge >= 0.3 is 5.97 Å². The standard InChI is InChI=1S/C10H14N2O5/c13-8(11-7-4-17-12-9(7)14)5-2-1-3-6(5)10(15)16/h5-7H,1-4H2,(H,11,13)(H,12,14)(H,15,16)/t5-,6+,7-/m1/s1. The van der Waals surface area contributed by atoms with E-state index in [1.165, 1.54) is 0 Å². The molecule has 0 aromatic rings. The fourth-order valence-electron chi connectivity index (χ4n) is 2.30. The second kappa shape index (κ2) is 4.70. The normalized spacial score (nSPS) is 32.2. The van der Waals surface area contributed by atoms with Crippen LogP contribution in [0.5, 0.6) is 0 Å². The van der Waals surface area contributed by atoms with Crippen molar-refractivity contribution in [3.63, 3.8) is 0 Å². The smallest absolute Gasteiger partial charge is 0.307 e. The average Bonchev–Trinajstić information content (AvgIpc) is 2.87. The third kappa shape index (κ3) is 2.38. The highest BCUT2D eigenvalue weighted by atomic mass is 16.7. The van der Waals surface area contributed by atoms with Crippen LogP contribution >= 0.6 is 0 Å². The zero-order chi connectivity index (χ0) is 12.4. The van der Waals surface area contributed by atoms with Gasteiger partial charge in [0.15, 0.2) is 0 Å². The van der Waals surface area contributed by atoms with Crippen molar-refractivity contribution < 1.29 is 24.3 Å². The van der Waals surface area contributed by atoms with Gasteiger partial charge in [-0.3, -0.25) is 19.2 Å². The molecule has 2 rings (SSSR count). The van der Waals surface area contributed by atoms with Crippen molar-refractivity contribution in [2.45, 2.75) is 25.3 Å². The van der Waals surface area contributed by atoms with Gasteiger partial charge in [0.25, 0.3) is 5.91 Å². The summed E-state index contributed by atoms with van der Waals surface area (Å²) in [5.74, 6) is -2.90. The number of hydrogen-bond donors (Lipinski definition) is 3. The average molecular weight is 242 g/mol. The Morgan fingerprint density at radius 3 is 2.65 bits per heavy atom. The number of amides is 2. The molecule has 0 aromatic carbocycles. The highest BCUT2D eigenvalue weighted by Crippen LogP contribution is 2.32. The maximum absolute atomic E-state index is 11.9. The van der Waals surface area contributed by atoms with E-state index >= 15 is 0 Å². The summed E-state index contributed by atoms with van der Waals surface area (Å²) < 4.78 is 0. The first-order valence-electron chi connectivity index (χ1n) is 5.54. The molecule has 1 heterocycles. The largest absolute Gasteiger partial charge is 0.481 e. The minimum atomic E-state index is -0.949. The maximum Gasteiger partial charge on any atom is 0.307 e. The van der Waals surface area contributed by atoms with E-state index in [4.69, 9.17) is 5.11 Å². The molecule has 94 valence electrons. The second-order valence-electron chi connectivity index (χ2n) is 4.32. The Bertz CT molecular complexity index is 357. The van der Waals surface area contributed by atoms with Gasteiger partial charge < -0.3 is 10.4 Å². The van der Waals surface area contributed by atoms with Crippen molar-refractivity contribution in [2.75, 3.05) is 6.61 Å². The fraction of sp³-hybridized carbons (Fsp3) is 0.700. The number of carboxylic acids is 1. The first kappa shape index (κ1) is 11.8. The van der Waals surface area contributed by atoms with Crippen LogP contribution in [0.15, 0.2) is 0 Å². The number of carbonyl (C=O) groups excluding carboxylic acids is 2. The van der Waals surface area contributed by atoms with E-state index in [9.17, 15) is 14.4 Å². The van der Waals surface area contributed by atoms with Gasteiger partial charge in [-0.25, -0.2) is 5.48 Å². The molecule has 3 N–H and O–H groups in total. The molecule has 2 fully saturated rings. The van der Waals surface area contributed by atoms with Crippen LogP contribution in [-0.2, 0) is 19.2 Å². The van der Waals surface area contributed by atoms with E-state index in [0.29, 0.717) is 12.8 Å². The monoisotopic (exact) mass is 242 g/mol. The number of hydrogen-bond acceptors (Lipinski definition) is 4. The molecular formula is C10H14N2O5. The summed E-state index contributed by atoms with van der Waals surface area (Å²) in [4.78, 5) is 38.6. The molecule has 0 radical (unpaired) electrons. The number of hydroxylamine groups is 1. The Morgan fingerprint density at radius 1 is 1.35 bits per heavy atom. The van der Waals surface area contributed by atoms with Crippen LogP contribution in [0.3, 0.4) is 0 Å². The lowest BCUT2D eigenvalue weighted by molar-refractivity contribution is -0.146. The predicted molar refractivity (Wildman–Crippen MR) is 54.5 cm³/mol. The Morgan fingerprint density at radius 2 is 2.06 bits per heavy atom. The molecule has 1 aliphatic carbocycles. The summed E-state index contributed by atoms with van der Waals surface area (Å²) in [5, 5.41) is 11.5. The lowest BCUT2D eigenvalue weighted by Crippen LogP contribution is -2.45. The van der Waals surface area contributed by atoms with E-state index in [1.54, 1.807) is 0 Å². The van der Waals surface area contributed by atoms with Crippen molar-refractivity contribution >= 4 is 17.8 Å². The van der Waals surface area contributed by atoms with Crippen LogP contribution in [0.25, 0.3) is 0 Å². The molecule has 3 atom stereocenters. The summed E-state index contributed by atoms with van der Waals surface area (Å²) >= 11 is 0. The van der Waals surface area contributed by atoms with Crippen molar-refractivity contribution in [3.05, 3.63) is 0 Å². The van der Waals surface area contributed by atoms with Gasteiger partial charge in [-0.15, -0.1) is 0 Å². The maximum atomic E-state index is 11.9. The van der Waals surface area contributed by atoms with Crippen LogP contribution in [0.1, 0.15) is 19.3 Å². The molecule has 17 heavy (non-hydrogen) atoms. The highest BCUT2D eigenvalue weighted by molar-refractivity contribution is 5.91. The lowest BCUT2D eigenvalue weighted by Gasteiger charge is -2.17. The van der Waals surface area contributed by atoms with Gasteiger partial charge in [0.2, 0.25) is 5.91 Å². The molecule has 7 heteroatoms. The van der Waals surface area contributed by atoms with Crippen molar-refractivity contribution in [2.24, 2.45) is 11.8 Å². The van der Waals surface area contributed by atoms with Crippen LogP contribution in [0.2, 0.25) is 0 Å². The molecule has 2 amide bonds.